The molecular weight excluding hydrogens is 572 g/mol. The number of alkyl halides is 6. The summed E-state index contributed by atoms with van der Waals surface area (Å²) in [7, 11) is 0. The summed E-state index contributed by atoms with van der Waals surface area (Å²) in [5.74, 6) is 0. The second-order valence-corrected chi connectivity index (χ2v) is 11.0. The fraction of sp³-hybridized carbons (Fsp3) is 0.357. The second-order valence-electron chi connectivity index (χ2n) is 9.39. The van der Waals surface area contributed by atoms with Crippen molar-refractivity contribution in [1.82, 2.24) is 14.8 Å². The summed E-state index contributed by atoms with van der Waals surface area (Å²) in [5, 5.41) is 15.1. The van der Waals surface area contributed by atoms with Gasteiger partial charge in [-0.1, -0.05) is 49.4 Å². The van der Waals surface area contributed by atoms with Crippen molar-refractivity contribution < 1.29 is 40.9 Å². The van der Waals surface area contributed by atoms with Crippen LogP contribution in [0.2, 0.25) is 0 Å². The van der Waals surface area contributed by atoms with Gasteiger partial charge in [0.15, 0.2) is 6.29 Å². The third kappa shape index (κ3) is 8.22. The molecule has 0 spiro atoms. The van der Waals surface area contributed by atoms with E-state index < -0.39 is 40.6 Å². The average Bonchev–Trinajstić information content (AvgIpc) is 3.44. The Morgan fingerprint density at radius 2 is 1.49 bits per heavy atom. The minimum atomic E-state index is -4.50. The highest BCUT2D eigenvalue weighted by Gasteiger charge is 2.40. The lowest BCUT2D eigenvalue weighted by Gasteiger charge is -2.37. The third-order valence-electron chi connectivity index (χ3n) is 6.45. The number of thioether (sulfide) groups is 1. The molecular formula is C28H27F6N3O3S. The number of rotatable bonds is 9. The number of benzene rings is 2. The third-order valence-corrected chi connectivity index (χ3v) is 7.90. The lowest BCUT2D eigenvalue weighted by atomic mass is 9.90. The molecule has 1 aromatic heterocycles. The first kappa shape index (κ1) is 30.8. The number of hydrogen-bond donors (Lipinski definition) is 1. The van der Waals surface area contributed by atoms with Crippen LogP contribution in [0.15, 0.2) is 79.4 Å². The number of aromatic nitrogens is 3. The summed E-state index contributed by atoms with van der Waals surface area (Å²) in [5.41, 5.74) is -2.20. The Bertz CT molecular complexity index is 1300. The maximum absolute atomic E-state index is 13.1. The van der Waals surface area contributed by atoms with Gasteiger partial charge >= 0.3 is 12.4 Å². The Kier molecular flexibility index (Phi) is 9.62. The van der Waals surface area contributed by atoms with Crippen LogP contribution in [0.3, 0.4) is 0 Å². The van der Waals surface area contributed by atoms with E-state index in [1.807, 2.05) is 0 Å². The van der Waals surface area contributed by atoms with Crippen LogP contribution in [0.1, 0.15) is 29.2 Å². The van der Waals surface area contributed by atoms with E-state index in [-0.39, 0.29) is 11.8 Å². The van der Waals surface area contributed by atoms with Crippen LogP contribution in [-0.4, -0.2) is 49.9 Å². The molecule has 6 nitrogen and oxygen atoms in total. The summed E-state index contributed by atoms with van der Waals surface area (Å²) in [4.78, 5) is 3.88. The van der Waals surface area contributed by atoms with Gasteiger partial charge in [0.2, 0.25) is 0 Å². The number of aliphatic hydroxyl groups is 1. The van der Waals surface area contributed by atoms with Gasteiger partial charge in [-0.05, 0) is 41.5 Å². The van der Waals surface area contributed by atoms with Crippen LogP contribution in [0.25, 0.3) is 6.08 Å². The average molecular weight is 600 g/mol. The minimum absolute atomic E-state index is 0.0302. The highest BCUT2D eigenvalue weighted by atomic mass is 32.2. The van der Waals surface area contributed by atoms with E-state index in [4.69, 9.17) is 9.47 Å². The second kappa shape index (κ2) is 12.8. The molecule has 0 amide bonds. The van der Waals surface area contributed by atoms with E-state index in [2.05, 4.69) is 10.1 Å². The largest absolute Gasteiger partial charge is 0.416 e. The van der Waals surface area contributed by atoms with Crippen molar-refractivity contribution in [3.63, 3.8) is 0 Å². The number of ether oxygens (including phenoxy) is 2. The lowest BCUT2D eigenvalue weighted by Crippen LogP contribution is -2.43. The number of halogens is 6. The molecule has 0 saturated carbocycles. The monoisotopic (exact) mass is 599 g/mol. The zero-order chi connectivity index (χ0) is 29.7. The molecule has 3 aromatic rings. The fourth-order valence-corrected chi connectivity index (χ4v) is 5.49. The summed E-state index contributed by atoms with van der Waals surface area (Å²) in [6.45, 7) is 2.33. The first-order chi connectivity index (χ1) is 19.3. The van der Waals surface area contributed by atoms with Crippen LogP contribution in [0.4, 0.5) is 26.3 Å². The standard InChI is InChI=1S/C28H27F6N3O3S/c1-19(26(38,16-37-18-35-17-36-37)21-10-12-23(13-11-21)28(32,33)34)41-24-14-39-25(40-15-24)5-3-2-4-20-6-8-22(9-7-20)27(29,30)31/h2-13,17-19,24-25,38H,14-16H2,1H3/b4-2+,5-3+/t19-,24?,25?,26-/m1/s1. The Balaban J connectivity index is 1.34. The molecule has 2 atom stereocenters. The van der Waals surface area contributed by atoms with Crippen LogP contribution < -0.4 is 0 Å². The van der Waals surface area contributed by atoms with E-state index in [9.17, 15) is 31.4 Å². The number of nitrogens with zero attached hydrogens (tertiary/aromatic N) is 3. The van der Waals surface area contributed by atoms with Crippen LogP contribution >= 0.6 is 11.8 Å². The molecule has 1 aliphatic rings. The molecule has 13 heteroatoms. The zero-order valence-corrected chi connectivity index (χ0v) is 22.5. The molecule has 0 bridgehead atoms. The molecule has 0 unspecified atom stereocenters. The predicted molar refractivity (Wildman–Crippen MR) is 142 cm³/mol. The van der Waals surface area contributed by atoms with Crippen LogP contribution in [0.5, 0.6) is 0 Å². The van der Waals surface area contributed by atoms with E-state index >= 15 is 0 Å². The van der Waals surface area contributed by atoms with Crippen molar-refractivity contribution in [3.8, 4) is 0 Å². The van der Waals surface area contributed by atoms with Gasteiger partial charge in [-0.15, -0.1) is 11.8 Å². The molecule has 0 radical (unpaired) electrons. The zero-order valence-electron chi connectivity index (χ0n) is 21.7. The van der Waals surface area contributed by atoms with Crippen LogP contribution in [0, 0.1) is 0 Å². The van der Waals surface area contributed by atoms with Gasteiger partial charge in [-0.25, -0.2) is 9.67 Å². The normalized spacial score (nSPS) is 20.9. The first-order valence-corrected chi connectivity index (χ1v) is 13.4. The van der Waals surface area contributed by atoms with Crippen molar-refractivity contribution in [3.05, 3.63) is 102 Å². The maximum atomic E-state index is 13.1. The summed E-state index contributed by atoms with van der Waals surface area (Å²) in [6.07, 6.45) is -0.157. The van der Waals surface area contributed by atoms with Gasteiger partial charge in [0.25, 0.3) is 0 Å². The van der Waals surface area contributed by atoms with Crippen LogP contribution in [-0.2, 0) is 34.0 Å². The molecule has 2 heterocycles. The van der Waals surface area contributed by atoms with Gasteiger partial charge in [-0.3, -0.25) is 0 Å². The molecule has 1 saturated heterocycles. The van der Waals surface area contributed by atoms with E-state index in [0.29, 0.717) is 24.3 Å². The number of hydrogen-bond acceptors (Lipinski definition) is 6. The molecule has 2 aromatic carbocycles. The van der Waals surface area contributed by atoms with Gasteiger partial charge in [-0.2, -0.15) is 31.4 Å². The highest BCUT2D eigenvalue weighted by molar-refractivity contribution is 8.00. The van der Waals surface area contributed by atoms with Crippen molar-refractivity contribution >= 4 is 17.8 Å². The highest BCUT2D eigenvalue weighted by Crippen LogP contribution is 2.39. The number of allylic oxidation sites excluding steroid dienone is 2. The molecule has 0 aliphatic carbocycles. The van der Waals surface area contributed by atoms with Gasteiger partial charge in [0.05, 0.1) is 36.1 Å². The smallest absolute Gasteiger partial charge is 0.382 e. The first-order valence-electron chi connectivity index (χ1n) is 12.5. The maximum Gasteiger partial charge on any atom is 0.416 e. The molecule has 1 fully saturated rings. The topological polar surface area (TPSA) is 69.4 Å². The minimum Gasteiger partial charge on any atom is -0.382 e. The van der Waals surface area contributed by atoms with Crippen molar-refractivity contribution in [1.29, 1.82) is 0 Å². The summed E-state index contributed by atoms with van der Waals surface area (Å²) < 4.78 is 90.2. The lowest BCUT2D eigenvalue weighted by molar-refractivity contribution is -0.146. The fourth-order valence-electron chi connectivity index (χ4n) is 4.16. The Hall–Kier alpha value is -3.13. The van der Waals surface area contributed by atoms with Gasteiger partial charge < -0.3 is 14.6 Å². The molecule has 41 heavy (non-hydrogen) atoms. The molecule has 4 rings (SSSR count). The van der Waals surface area contributed by atoms with Gasteiger partial charge in [0, 0.05) is 5.25 Å². The SMILES string of the molecule is C[C@@H](SC1COC(/C=C/C=C/c2ccc(C(F)(F)F)cc2)OC1)[C@](O)(Cn1cncn1)c1ccc(C(F)(F)F)cc1. The molecule has 1 N–H and O–H groups in total. The molecule has 1 aliphatic heterocycles. The Morgan fingerprint density at radius 1 is 0.927 bits per heavy atom. The Morgan fingerprint density at radius 3 is 2.02 bits per heavy atom. The van der Waals surface area contributed by atoms with Gasteiger partial charge in [0.1, 0.15) is 18.3 Å². The van der Waals surface area contributed by atoms with Crippen molar-refractivity contribution in [2.45, 2.75) is 48.2 Å². The summed E-state index contributed by atoms with van der Waals surface area (Å²) in [6, 6.07) is 9.19. The van der Waals surface area contributed by atoms with E-state index in [1.54, 1.807) is 31.2 Å². The van der Waals surface area contributed by atoms with Crippen molar-refractivity contribution in [2.24, 2.45) is 0 Å². The quantitative estimate of drug-likeness (QED) is 0.229. The summed E-state index contributed by atoms with van der Waals surface area (Å²) >= 11 is 1.38. The van der Waals surface area contributed by atoms with E-state index in [0.717, 1.165) is 24.3 Å². The Labute approximate surface area is 236 Å². The predicted octanol–water partition coefficient (Wildman–Crippen LogP) is 6.34. The van der Waals surface area contributed by atoms with E-state index in [1.165, 1.54) is 53.4 Å². The van der Waals surface area contributed by atoms with Crippen molar-refractivity contribution in [2.75, 3.05) is 13.2 Å². The molecule has 220 valence electrons.